The maximum Gasteiger partial charge on any atom is 0.314 e. The molecule has 0 amide bonds. The summed E-state index contributed by atoms with van der Waals surface area (Å²) in [6.45, 7) is 0. The summed E-state index contributed by atoms with van der Waals surface area (Å²) in [5.74, 6) is -0.0174. The van der Waals surface area contributed by atoms with Gasteiger partial charge < -0.3 is 4.74 Å². The smallest absolute Gasteiger partial charge is 0.314 e. The van der Waals surface area contributed by atoms with Gasteiger partial charge in [-0.25, -0.2) is 0 Å². The van der Waals surface area contributed by atoms with Crippen molar-refractivity contribution in [2.45, 2.75) is 32.1 Å². The molecule has 0 aliphatic heterocycles. The molecule has 3 heteroatoms. The molecular formula is C20H20O3. The van der Waals surface area contributed by atoms with Crippen molar-refractivity contribution in [3.8, 4) is 5.75 Å². The van der Waals surface area contributed by atoms with Crippen LogP contribution < -0.4 is 4.74 Å². The molecule has 0 radical (unpaired) electrons. The van der Waals surface area contributed by atoms with Crippen molar-refractivity contribution >= 4 is 11.8 Å². The number of ether oxygens (including phenoxy) is 1. The molecule has 1 fully saturated rings. The third-order valence-corrected chi connectivity index (χ3v) is 4.32. The average Bonchev–Trinajstić information content (AvgIpc) is 2.63. The Balaban J connectivity index is 1.80. The Morgan fingerprint density at radius 2 is 1.48 bits per heavy atom. The van der Waals surface area contributed by atoms with E-state index in [0.29, 0.717) is 16.9 Å². The third kappa shape index (κ3) is 3.67. The summed E-state index contributed by atoms with van der Waals surface area (Å²) in [4.78, 5) is 25.0. The summed E-state index contributed by atoms with van der Waals surface area (Å²) in [6.07, 6.45) is 5.10. The maximum atomic E-state index is 12.6. The van der Waals surface area contributed by atoms with Gasteiger partial charge in [0, 0.05) is 5.56 Å². The van der Waals surface area contributed by atoms with Crippen LogP contribution in [0.5, 0.6) is 5.75 Å². The molecule has 1 aliphatic carbocycles. The van der Waals surface area contributed by atoms with Crippen molar-refractivity contribution in [1.82, 2.24) is 0 Å². The van der Waals surface area contributed by atoms with Gasteiger partial charge in [0.2, 0.25) is 0 Å². The molecule has 0 saturated heterocycles. The molecule has 1 aliphatic rings. The Kier molecular flexibility index (Phi) is 4.86. The minimum absolute atomic E-state index is 0.0383. The molecule has 1 saturated carbocycles. The van der Waals surface area contributed by atoms with Crippen LogP contribution >= 0.6 is 0 Å². The van der Waals surface area contributed by atoms with Crippen LogP contribution in [0, 0.1) is 5.92 Å². The van der Waals surface area contributed by atoms with Gasteiger partial charge in [-0.05, 0) is 25.0 Å². The monoisotopic (exact) mass is 308 g/mol. The lowest BCUT2D eigenvalue weighted by Gasteiger charge is -2.20. The summed E-state index contributed by atoms with van der Waals surface area (Å²) < 4.78 is 5.57. The van der Waals surface area contributed by atoms with Gasteiger partial charge in [0.1, 0.15) is 5.75 Å². The standard InChI is InChI=1S/C20H20O3/c21-19(15-9-3-1-4-10-15)17-13-7-8-14-18(17)23-20(22)16-11-5-2-6-12-16/h1,3-4,7-10,13-14,16H,2,5-6,11-12H2. The summed E-state index contributed by atoms with van der Waals surface area (Å²) in [5.41, 5.74) is 1.02. The highest BCUT2D eigenvalue weighted by atomic mass is 16.5. The van der Waals surface area contributed by atoms with Gasteiger partial charge in [0.15, 0.2) is 5.78 Å². The van der Waals surface area contributed by atoms with E-state index in [4.69, 9.17) is 4.74 Å². The number of para-hydroxylation sites is 1. The zero-order chi connectivity index (χ0) is 16.1. The van der Waals surface area contributed by atoms with Gasteiger partial charge in [-0.15, -0.1) is 0 Å². The molecule has 118 valence electrons. The lowest BCUT2D eigenvalue weighted by Crippen LogP contribution is -2.23. The van der Waals surface area contributed by atoms with Crippen LogP contribution in [0.2, 0.25) is 0 Å². The number of ketones is 1. The van der Waals surface area contributed by atoms with Crippen molar-refractivity contribution in [1.29, 1.82) is 0 Å². The highest BCUT2D eigenvalue weighted by molar-refractivity contribution is 6.11. The van der Waals surface area contributed by atoms with Crippen molar-refractivity contribution in [3.05, 3.63) is 65.7 Å². The van der Waals surface area contributed by atoms with E-state index in [1.54, 1.807) is 36.4 Å². The van der Waals surface area contributed by atoms with Crippen molar-refractivity contribution < 1.29 is 14.3 Å². The van der Waals surface area contributed by atoms with Crippen molar-refractivity contribution in [2.24, 2.45) is 5.92 Å². The third-order valence-electron chi connectivity index (χ3n) is 4.32. The first kappa shape index (κ1) is 15.5. The molecule has 0 bridgehead atoms. The van der Waals surface area contributed by atoms with Crippen LogP contribution in [0.1, 0.15) is 48.0 Å². The molecule has 2 aromatic rings. The van der Waals surface area contributed by atoms with E-state index >= 15 is 0 Å². The fourth-order valence-corrected chi connectivity index (χ4v) is 3.02. The largest absolute Gasteiger partial charge is 0.426 e. The summed E-state index contributed by atoms with van der Waals surface area (Å²) in [7, 11) is 0. The summed E-state index contributed by atoms with van der Waals surface area (Å²) >= 11 is 0. The minimum Gasteiger partial charge on any atom is -0.426 e. The predicted octanol–water partition coefficient (Wildman–Crippen LogP) is 4.40. The number of benzene rings is 2. The van der Waals surface area contributed by atoms with E-state index < -0.39 is 0 Å². The second-order valence-electron chi connectivity index (χ2n) is 5.95. The zero-order valence-electron chi connectivity index (χ0n) is 13.0. The van der Waals surface area contributed by atoms with Crippen LogP contribution in [-0.2, 0) is 4.79 Å². The SMILES string of the molecule is O=C(c1ccccc1)c1ccccc1OC(=O)C1CCCCC1. The quantitative estimate of drug-likeness (QED) is 0.477. The lowest BCUT2D eigenvalue weighted by atomic mass is 9.89. The second-order valence-corrected chi connectivity index (χ2v) is 5.95. The molecule has 0 N–H and O–H groups in total. The lowest BCUT2D eigenvalue weighted by molar-refractivity contribution is -0.140. The van der Waals surface area contributed by atoms with Gasteiger partial charge in [-0.1, -0.05) is 61.7 Å². The van der Waals surface area contributed by atoms with Crippen molar-refractivity contribution in [3.63, 3.8) is 0 Å². The molecule has 0 aromatic heterocycles. The first-order chi connectivity index (χ1) is 11.3. The first-order valence-electron chi connectivity index (χ1n) is 8.16. The maximum absolute atomic E-state index is 12.6. The Bertz CT molecular complexity index is 685. The molecule has 2 aromatic carbocycles. The predicted molar refractivity (Wildman–Crippen MR) is 88.5 cm³/mol. The zero-order valence-corrected chi connectivity index (χ0v) is 13.0. The van der Waals surface area contributed by atoms with Crippen LogP contribution in [0.3, 0.4) is 0 Å². The highest BCUT2D eigenvalue weighted by Crippen LogP contribution is 2.27. The molecule has 0 heterocycles. The minimum atomic E-state index is -0.210. The van der Waals surface area contributed by atoms with Gasteiger partial charge in [-0.3, -0.25) is 9.59 Å². The number of hydrogen-bond donors (Lipinski definition) is 0. The number of esters is 1. The number of rotatable bonds is 4. The van der Waals surface area contributed by atoms with E-state index in [9.17, 15) is 9.59 Å². The van der Waals surface area contributed by atoms with E-state index in [1.165, 1.54) is 6.42 Å². The molecule has 0 atom stereocenters. The van der Waals surface area contributed by atoms with Crippen LogP contribution in [0.4, 0.5) is 0 Å². The van der Waals surface area contributed by atoms with Crippen LogP contribution in [0.25, 0.3) is 0 Å². The molecule has 0 spiro atoms. The summed E-state index contributed by atoms with van der Waals surface area (Å²) in [6, 6.07) is 16.0. The Hall–Kier alpha value is -2.42. The number of carbonyl (C=O) groups is 2. The Morgan fingerprint density at radius 3 is 2.22 bits per heavy atom. The van der Waals surface area contributed by atoms with E-state index in [1.807, 2.05) is 18.2 Å². The molecule has 23 heavy (non-hydrogen) atoms. The van der Waals surface area contributed by atoms with Gasteiger partial charge in [-0.2, -0.15) is 0 Å². The van der Waals surface area contributed by atoms with Gasteiger partial charge in [0.25, 0.3) is 0 Å². The van der Waals surface area contributed by atoms with Crippen LogP contribution in [0.15, 0.2) is 54.6 Å². The van der Waals surface area contributed by atoms with E-state index in [2.05, 4.69) is 0 Å². The highest BCUT2D eigenvalue weighted by Gasteiger charge is 2.24. The Morgan fingerprint density at radius 1 is 0.826 bits per heavy atom. The number of hydrogen-bond acceptors (Lipinski definition) is 3. The fourth-order valence-electron chi connectivity index (χ4n) is 3.02. The van der Waals surface area contributed by atoms with Gasteiger partial charge >= 0.3 is 5.97 Å². The normalized spacial score (nSPS) is 15.1. The fraction of sp³-hybridized carbons (Fsp3) is 0.300. The molecule has 3 nitrogen and oxygen atoms in total. The molecule has 3 rings (SSSR count). The van der Waals surface area contributed by atoms with Crippen LogP contribution in [-0.4, -0.2) is 11.8 Å². The van der Waals surface area contributed by atoms with Crippen molar-refractivity contribution in [2.75, 3.05) is 0 Å². The average molecular weight is 308 g/mol. The molecule has 0 unspecified atom stereocenters. The first-order valence-corrected chi connectivity index (χ1v) is 8.16. The Labute approximate surface area is 136 Å². The molecular weight excluding hydrogens is 288 g/mol. The van der Waals surface area contributed by atoms with E-state index in [-0.39, 0.29) is 17.7 Å². The van der Waals surface area contributed by atoms with Gasteiger partial charge in [0.05, 0.1) is 11.5 Å². The summed E-state index contributed by atoms with van der Waals surface area (Å²) in [5, 5.41) is 0. The topological polar surface area (TPSA) is 43.4 Å². The van der Waals surface area contributed by atoms with E-state index in [0.717, 1.165) is 25.7 Å². The number of carbonyl (C=O) groups excluding carboxylic acids is 2. The second kappa shape index (κ2) is 7.23.